The van der Waals surface area contributed by atoms with Crippen molar-refractivity contribution in [2.75, 3.05) is 27.7 Å². The van der Waals surface area contributed by atoms with E-state index in [4.69, 9.17) is 0 Å². The van der Waals surface area contributed by atoms with E-state index in [0.29, 0.717) is 0 Å². The van der Waals surface area contributed by atoms with Crippen molar-refractivity contribution < 1.29 is 74.5 Å². The van der Waals surface area contributed by atoms with Gasteiger partial charge in [0, 0.05) is 0 Å². The summed E-state index contributed by atoms with van der Waals surface area (Å²) in [6, 6.07) is 0. The van der Waals surface area contributed by atoms with Crippen LogP contribution in [0.2, 0.25) is 0 Å². The summed E-state index contributed by atoms with van der Waals surface area (Å²) in [6.45, 7) is 3.62. The molecular weight excluding hydrogens is 593 g/mol. The standard InChI is InChI=1S/C15H34N.C6HF13O3S/c1-5-6-7-8-9-10-11-12-13-14-15-16(2,3)4;7-1(8,3(11,12)5(15,16)17)2(9,10)4(13,14)6(18,19)23(20,21)22/h5-15H2,1-4H3;(H,20,21,22)/q+1;/p-1. The second kappa shape index (κ2) is 14.2. The Labute approximate surface area is 219 Å². The Kier molecular flexibility index (Phi) is 14.6. The zero-order chi connectivity index (χ0) is 31.8. The van der Waals surface area contributed by atoms with E-state index in [2.05, 4.69) is 28.1 Å². The molecule has 0 aromatic rings. The van der Waals surface area contributed by atoms with Crippen LogP contribution < -0.4 is 0 Å². The lowest BCUT2D eigenvalue weighted by atomic mass is 9.98. The van der Waals surface area contributed by atoms with Crippen LogP contribution in [0.25, 0.3) is 0 Å². The predicted octanol–water partition coefficient (Wildman–Crippen LogP) is 7.84. The molecule has 0 aromatic carbocycles. The lowest BCUT2D eigenvalue weighted by molar-refractivity contribution is -0.870. The van der Waals surface area contributed by atoms with Crippen LogP contribution in [0.15, 0.2) is 0 Å². The number of halogens is 13. The van der Waals surface area contributed by atoms with Crippen molar-refractivity contribution in [2.24, 2.45) is 0 Å². The monoisotopic (exact) mass is 627 g/mol. The zero-order valence-electron chi connectivity index (χ0n) is 21.8. The SMILES string of the molecule is CCCCCCCCCCCC[N+](C)(C)C.O=S(=O)([O-])C(F)(F)C(F)(F)C(F)(F)C(F)(F)C(F)(F)C(F)(F)F. The van der Waals surface area contributed by atoms with Crippen LogP contribution in [-0.4, -0.2) is 80.3 Å². The Morgan fingerprint density at radius 2 is 0.846 bits per heavy atom. The first-order chi connectivity index (χ1) is 17.1. The highest BCUT2D eigenvalue weighted by Crippen LogP contribution is 2.60. The van der Waals surface area contributed by atoms with E-state index in [1.165, 1.54) is 70.8 Å². The third-order valence-corrected chi connectivity index (χ3v) is 6.29. The minimum absolute atomic E-state index is 1.12. The van der Waals surface area contributed by atoms with E-state index >= 15 is 0 Å². The summed E-state index contributed by atoms with van der Waals surface area (Å²) in [5.41, 5.74) is 0. The largest absolute Gasteiger partial charge is 0.743 e. The molecule has 18 heteroatoms. The van der Waals surface area contributed by atoms with Gasteiger partial charge < -0.3 is 9.04 Å². The van der Waals surface area contributed by atoms with E-state index in [-0.39, 0.29) is 0 Å². The third kappa shape index (κ3) is 10.4. The normalized spacial score (nSPS) is 14.7. The topological polar surface area (TPSA) is 57.2 Å². The molecule has 39 heavy (non-hydrogen) atoms. The molecule has 0 N–H and O–H groups in total. The fraction of sp³-hybridized carbons (Fsp3) is 1.00. The minimum Gasteiger partial charge on any atom is -0.743 e. The summed E-state index contributed by atoms with van der Waals surface area (Å²) >= 11 is 0. The molecule has 0 heterocycles. The van der Waals surface area contributed by atoms with E-state index in [1.54, 1.807) is 0 Å². The van der Waals surface area contributed by atoms with Gasteiger partial charge in [0.15, 0.2) is 10.1 Å². The van der Waals surface area contributed by atoms with Crippen LogP contribution in [0.3, 0.4) is 0 Å². The van der Waals surface area contributed by atoms with Crippen molar-refractivity contribution in [1.82, 2.24) is 0 Å². The average molecular weight is 628 g/mol. The van der Waals surface area contributed by atoms with Gasteiger partial charge in [0.1, 0.15) is 0 Å². The van der Waals surface area contributed by atoms with Crippen molar-refractivity contribution in [1.29, 1.82) is 0 Å². The Hall–Kier alpha value is -1.04. The van der Waals surface area contributed by atoms with Crippen LogP contribution in [0, 0.1) is 0 Å². The molecule has 0 saturated heterocycles. The maximum atomic E-state index is 12.7. The van der Waals surface area contributed by atoms with Gasteiger partial charge in [-0.3, -0.25) is 0 Å². The maximum Gasteiger partial charge on any atom is 0.460 e. The summed E-state index contributed by atoms with van der Waals surface area (Å²) < 4.78 is 190. The number of nitrogens with zero attached hydrogens (tertiary/aromatic N) is 1. The van der Waals surface area contributed by atoms with Crippen molar-refractivity contribution in [3.63, 3.8) is 0 Å². The zero-order valence-corrected chi connectivity index (χ0v) is 22.6. The number of unbranched alkanes of at least 4 members (excludes halogenated alkanes) is 9. The van der Waals surface area contributed by atoms with Crippen molar-refractivity contribution in [3.05, 3.63) is 0 Å². The second-order valence-corrected chi connectivity index (χ2v) is 11.4. The number of quaternary nitrogens is 1. The lowest BCUT2D eigenvalue weighted by Crippen LogP contribution is -2.71. The van der Waals surface area contributed by atoms with Crippen molar-refractivity contribution >= 4 is 10.1 Å². The summed E-state index contributed by atoms with van der Waals surface area (Å²) in [4.78, 5) is 0. The van der Waals surface area contributed by atoms with Crippen LogP contribution in [0.4, 0.5) is 57.1 Å². The van der Waals surface area contributed by atoms with Gasteiger partial charge in [-0.05, 0) is 12.8 Å². The molecule has 0 radical (unpaired) electrons. The summed E-state index contributed by atoms with van der Waals surface area (Å²) in [6.07, 6.45) is 6.80. The molecule has 0 aliphatic rings. The van der Waals surface area contributed by atoms with Gasteiger partial charge in [-0.1, -0.05) is 58.3 Å². The quantitative estimate of drug-likeness (QED) is 0.0759. The summed E-state index contributed by atoms with van der Waals surface area (Å²) in [7, 11) is -1.00. The molecule has 0 bridgehead atoms. The predicted molar refractivity (Wildman–Crippen MR) is 115 cm³/mol. The number of hydrogen-bond donors (Lipinski definition) is 0. The molecule has 238 valence electrons. The number of hydrogen-bond acceptors (Lipinski definition) is 3. The smallest absolute Gasteiger partial charge is 0.460 e. The highest BCUT2D eigenvalue weighted by atomic mass is 32.2. The molecule has 0 aliphatic carbocycles. The van der Waals surface area contributed by atoms with Crippen LogP contribution in [0.1, 0.15) is 71.1 Å². The molecule has 0 spiro atoms. The van der Waals surface area contributed by atoms with Crippen molar-refractivity contribution in [3.8, 4) is 0 Å². The average Bonchev–Trinajstić information content (AvgIpc) is 2.72. The van der Waals surface area contributed by atoms with Gasteiger partial charge in [-0.25, -0.2) is 8.42 Å². The first-order valence-corrected chi connectivity index (χ1v) is 13.2. The molecular formula is C21H34F13NO3S. The number of alkyl halides is 13. The molecule has 0 aliphatic heterocycles. The fourth-order valence-electron chi connectivity index (χ4n) is 2.99. The van der Waals surface area contributed by atoms with Gasteiger partial charge in [-0.15, -0.1) is 0 Å². The molecule has 0 amide bonds. The fourth-order valence-corrected chi connectivity index (χ4v) is 3.43. The highest BCUT2D eigenvalue weighted by molar-refractivity contribution is 7.86. The van der Waals surface area contributed by atoms with E-state index in [0.717, 1.165) is 4.48 Å². The Balaban J connectivity index is 0. The molecule has 0 fully saturated rings. The Bertz CT molecular complexity index is 824. The minimum atomic E-state index is -8.29. The molecule has 0 unspecified atom stereocenters. The Morgan fingerprint density at radius 1 is 0.538 bits per heavy atom. The first kappa shape index (κ1) is 40.1. The van der Waals surface area contributed by atoms with Crippen LogP contribution in [0.5, 0.6) is 0 Å². The van der Waals surface area contributed by atoms with E-state index < -0.39 is 45.2 Å². The second-order valence-electron chi connectivity index (χ2n) is 9.96. The highest BCUT2D eigenvalue weighted by Gasteiger charge is 2.91. The summed E-state index contributed by atoms with van der Waals surface area (Å²) in [5, 5.41) is -7.63. The molecule has 4 nitrogen and oxygen atoms in total. The maximum absolute atomic E-state index is 12.7. The molecule has 0 saturated carbocycles. The first-order valence-electron chi connectivity index (χ1n) is 11.8. The molecule has 0 atom stereocenters. The van der Waals surface area contributed by atoms with Crippen LogP contribution >= 0.6 is 0 Å². The Morgan fingerprint density at radius 3 is 1.13 bits per heavy atom. The van der Waals surface area contributed by atoms with Gasteiger partial charge in [0.25, 0.3) is 0 Å². The van der Waals surface area contributed by atoms with Crippen LogP contribution in [-0.2, 0) is 10.1 Å². The van der Waals surface area contributed by atoms with Gasteiger partial charge in [-0.2, -0.15) is 57.1 Å². The molecule has 0 rings (SSSR count). The molecule has 0 aromatic heterocycles. The summed E-state index contributed by atoms with van der Waals surface area (Å²) in [5.74, 6) is -32.6. The van der Waals surface area contributed by atoms with Gasteiger partial charge >= 0.3 is 35.1 Å². The van der Waals surface area contributed by atoms with Gasteiger partial charge in [0.2, 0.25) is 0 Å². The van der Waals surface area contributed by atoms with Gasteiger partial charge in [0.05, 0.1) is 27.7 Å². The van der Waals surface area contributed by atoms with E-state index in [9.17, 15) is 70.0 Å². The lowest BCUT2D eigenvalue weighted by Gasteiger charge is -2.39. The van der Waals surface area contributed by atoms with E-state index in [1.807, 2.05) is 0 Å². The van der Waals surface area contributed by atoms with Crippen molar-refractivity contribution in [2.45, 2.75) is 106 Å². The number of rotatable bonds is 16. The third-order valence-electron chi connectivity index (χ3n) is 5.40.